The molecule has 1 amide bonds. The van der Waals surface area contributed by atoms with Gasteiger partial charge in [-0.05, 0) is 42.8 Å². The fourth-order valence-electron chi connectivity index (χ4n) is 2.54. The molecule has 1 N–H and O–H groups in total. The Labute approximate surface area is 174 Å². The zero-order chi connectivity index (χ0) is 21.7. The van der Waals surface area contributed by atoms with Gasteiger partial charge in [0, 0.05) is 17.8 Å². The Kier molecular flexibility index (Phi) is 6.71. The van der Waals surface area contributed by atoms with Gasteiger partial charge >= 0.3 is 6.18 Å². The zero-order valence-electron chi connectivity index (χ0n) is 15.8. The number of rotatable bonds is 6. The molecular weight excluding hydrogens is 418 g/mol. The lowest BCUT2D eigenvalue weighted by atomic mass is 10.1. The standard InChI is InChI=1S/C21H17F4N3OS/c1-13-10-19(30-12-18(29)26-11-14-2-8-17(22)9-3-14)28-20(27-13)15-4-6-16(7-5-15)21(23,24)25/h2-10H,11-12H2,1H3,(H,26,29). The number of nitrogens with one attached hydrogen (secondary N) is 1. The van der Waals surface area contributed by atoms with Gasteiger partial charge in [-0.15, -0.1) is 0 Å². The van der Waals surface area contributed by atoms with Crippen LogP contribution in [0.5, 0.6) is 0 Å². The lowest BCUT2D eigenvalue weighted by Crippen LogP contribution is -2.24. The molecule has 0 spiro atoms. The van der Waals surface area contributed by atoms with Gasteiger partial charge in [0.1, 0.15) is 10.8 Å². The summed E-state index contributed by atoms with van der Waals surface area (Å²) in [4.78, 5) is 20.7. The van der Waals surface area contributed by atoms with E-state index in [1.165, 1.54) is 36.0 Å². The number of hydrogen-bond acceptors (Lipinski definition) is 4. The van der Waals surface area contributed by atoms with Crippen LogP contribution >= 0.6 is 11.8 Å². The fourth-order valence-corrected chi connectivity index (χ4v) is 3.33. The SMILES string of the molecule is Cc1cc(SCC(=O)NCc2ccc(F)cc2)nc(-c2ccc(C(F)(F)F)cc2)n1. The minimum absolute atomic E-state index is 0.101. The molecule has 0 unspecified atom stereocenters. The first-order valence-corrected chi connectivity index (χ1v) is 9.86. The van der Waals surface area contributed by atoms with Crippen LogP contribution in [0.15, 0.2) is 59.6 Å². The third-order valence-corrected chi connectivity index (χ3v) is 4.97. The van der Waals surface area contributed by atoms with Gasteiger partial charge in [-0.1, -0.05) is 36.0 Å². The summed E-state index contributed by atoms with van der Waals surface area (Å²) in [6.45, 7) is 2.02. The van der Waals surface area contributed by atoms with Crippen LogP contribution in [0.1, 0.15) is 16.8 Å². The molecule has 9 heteroatoms. The van der Waals surface area contributed by atoms with Gasteiger partial charge in [-0.3, -0.25) is 4.79 Å². The second-order valence-electron chi connectivity index (χ2n) is 6.44. The van der Waals surface area contributed by atoms with Gasteiger partial charge in [-0.25, -0.2) is 14.4 Å². The summed E-state index contributed by atoms with van der Waals surface area (Å²) < 4.78 is 51.1. The lowest BCUT2D eigenvalue weighted by molar-refractivity contribution is -0.137. The van der Waals surface area contributed by atoms with E-state index in [4.69, 9.17) is 0 Å². The molecule has 0 aliphatic rings. The van der Waals surface area contributed by atoms with E-state index in [0.717, 1.165) is 17.7 Å². The minimum Gasteiger partial charge on any atom is -0.351 e. The van der Waals surface area contributed by atoms with Crippen molar-refractivity contribution < 1.29 is 22.4 Å². The van der Waals surface area contributed by atoms with Crippen molar-refractivity contribution in [3.8, 4) is 11.4 Å². The van der Waals surface area contributed by atoms with Crippen molar-refractivity contribution in [3.05, 3.63) is 77.2 Å². The number of thioether (sulfide) groups is 1. The Hall–Kier alpha value is -2.94. The molecule has 156 valence electrons. The average Bonchev–Trinajstić information content (AvgIpc) is 2.71. The number of hydrogen-bond donors (Lipinski definition) is 1. The van der Waals surface area contributed by atoms with Gasteiger partial charge in [0.2, 0.25) is 5.91 Å². The van der Waals surface area contributed by atoms with E-state index in [2.05, 4.69) is 15.3 Å². The van der Waals surface area contributed by atoms with Crippen LogP contribution in [-0.2, 0) is 17.5 Å². The van der Waals surface area contributed by atoms with Gasteiger partial charge in [0.15, 0.2) is 5.82 Å². The van der Waals surface area contributed by atoms with Gasteiger partial charge < -0.3 is 5.32 Å². The Morgan fingerprint density at radius 1 is 1.03 bits per heavy atom. The zero-order valence-corrected chi connectivity index (χ0v) is 16.6. The Balaban J connectivity index is 1.62. The quantitative estimate of drug-likeness (QED) is 0.336. The van der Waals surface area contributed by atoms with Crippen LogP contribution in [0, 0.1) is 12.7 Å². The fraction of sp³-hybridized carbons (Fsp3) is 0.190. The van der Waals surface area contributed by atoms with E-state index in [0.29, 0.717) is 16.3 Å². The molecule has 30 heavy (non-hydrogen) atoms. The highest BCUT2D eigenvalue weighted by Gasteiger charge is 2.30. The van der Waals surface area contributed by atoms with Crippen LogP contribution in [-0.4, -0.2) is 21.6 Å². The third kappa shape index (κ3) is 6.03. The number of halogens is 4. The van der Waals surface area contributed by atoms with Crippen LogP contribution < -0.4 is 5.32 Å². The molecule has 0 atom stereocenters. The molecule has 3 aromatic rings. The van der Waals surface area contributed by atoms with Gasteiger partial charge in [0.05, 0.1) is 11.3 Å². The Bertz CT molecular complexity index is 1020. The minimum atomic E-state index is -4.41. The van der Waals surface area contributed by atoms with Crippen LogP contribution in [0.2, 0.25) is 0 Å². The van der Waals surface area contributed by atoms with Crippen molar-refractivity contribution in [2.24, 2.45) is 0 Å². The summed E-state index contributed by atoms with van der Waals surface area (Å²) >= 11 is 1.19. The van der Waals surface area contributed by atoms with Gasteiger partial charge in [0.25, 0.3) is 0 Å². The van der Waals surface area contributed by atoms with E-state index in [-0.39, 0.29) is 29.8 Å². The molecule has 0 fully saturated rings. The first-order valence-electron chi connectivity index (χ1n) is 8.88. The highest BCUT2D eigenvalue weighted by Crippen LogP contribution is 2.30. The monoisotopic (exact) mass is 435 g/mol. The number of benzene rings is 2. The molecule has 0 aliphatic heterocycles. The highest BCUT2D eigenvalue weighted by atomic mass is 32.2. The number of carbonyl (C=O) groups excluding carboxylic acids is 1. The number of aromatic nitrogens is 2. The van der Waals surface area contributed by atoms with E-state index in [1.54, 1.807) is 25.1 Å². The molecule has 0 bridgehead atoms. The summed E-state index contributed by atoms with van der Waals surface area (Å²) in [6.07, 6.45) is -4.41. The number of carbonyl (C=O) groups is 1. The third-order valence-electron chi connectivity index (χ3n) is 4.06. The van der Waals surface area contributed by atoms with Crippen molar-refractivity contribution in [1.29, 1.82) is 0 Å². The predicted molar refractivity (Wildman–Crippen MR) is 106 cm³/mol. The van der Waals surface area contributed by atoms with E-state index in [1.807, 2.05) is 0 Å². The van der Waals surface area contributed by atoms with E-state index < -0.39 is 11.7 Å². The Morgan fingerprint density at radius 2 is 1.70 bits per heavy atom. The average molecular weight is 435 g/mol. The Morgan fingerprint density at radius 3 is 2.33 bits per heavy atom. The molecule has 0 aliphatic carbocycles. The molecule has 1 aromatic heterocycles. The molecule has 0 radical (unpaired) electrons. The number of alkyl halides is 3. The van der Waals surface area contributed by atoms with Crippen molar-refractivity contribution in [2.45, 2.75) is 24.7 Å². The summed E-state index contributed by atoms with van der Waals surface area (Å²) in [5.41, 5.74) is 1.12. The maximum absolute atomic E-state index is 12.9. The number of amides is 1. The second-order valence-corrected chi connectivity index (χ2v) is 7.43. The highest BCUT2D eigenvalue weighted by molar-refractivity contribution is 7.99. The molecule has 0 saturated carbocycles. The second kappa shape index (κ2) is 9.25. The van der Waals surface area contributed by atoms with Crippen molar-refractivity contribution in [3.63, 3.8) is 0 Å². The summed E-state index contributed by atoms with van der Waals surface area (Å²) in [5.74, 6) is -0.178. The lowest BCUT2D eigenvalue weighted by Gasteiger charge is -2.09. The smallest absolute Gasteiger partial charge is 0.351 e. The van der Waals surface area contributed by atoms with Crippen LogP contribution in [0.3, 0.4) is 0 Å². The summed E-state index contributed by atoms with van der Waals surface area (Å²) in [5, 5.41) is 3.27. The molecule has 1 heterocycles. The maximum Gasteiger partial charge on any atom is 0.416 e. The normalized spacial score (nSPS) is 11.4. The maximum atomic E-state index is 12.9. The summed E-state index contributed by atoms with van der Waals surface area (Å²) in [7, 11) is 0. The molecule has 0 saturated heterocycles. The van der Waals surface area contributed by atoms with Crippen LogP contribution in [0.25, 0.3) is 11.4 Å². The van der Waals surface area contributed by atoms with Crippen LogP contribution in [0.4, 0.5) is 17.6 Å². The molecule has 4 nitrogen and oxygen atoms in total. The van der Waals surface area contributed by atoms with Crippen molar-refractivity contribution in [2.75, 3.05) is 5.75 Å². The van der Waals surface area contributed by atoms with E-state index >= 15 is 0 Å². The van der Waals surface area contributed by atoms with Gasteiger partial charge in [-0.2, -0.15) is 13.2 Å². The number of aryl methyl sites for hydroxylation is 1. The van der Waals surface area contributed by atoms with E-state index in [9.17, 15) is 22.4 Å². The molecular formula is C21H17F4N3OS. The first kappa shape index (κ1) is 21.8. The van der Waals surface area contributed by atoms with Crippen molar-refractivity contribution in [1.82, 2.24) is 15.3 Å². The molecule has 3 rings (SSSR count). The predicted octanol–water partition coefficient (Wildman–Crippen LogP) is 5.02. The topological polar surface area (TPSA) is 54.9 Å². The molecule has 2 aromatic carbocycles. The summed E-state index contributed by atoms with van der Waals surface area (Å²) in [6, 6.07) is 12.1. The number of nitrogens with zero attached hydrogens (tertiary/aromatic N) is 2. The largest absolute Gasteiger partial charge is 0.416 e. The van der Waals surface area contributed by atoms with Crippen molar-refractivity contribution >= 4 is 17.7 Å². The first-order chi connectivity index (χ1) is 14.2.